The monoisotopic (exact) mass is 334 g/mol. The number of rotatable bonds is 4. The van der Waals surface area contributed by atoms with E-state index in [1.807, 2.05) is 18.2 Å². The lowest BCUT2D eigenvalue weighted by molar-refractivity contribution is -0.151. The van der Waals surface area contributed by atoms with Crippen molar-refractivity contribution in [3.63, 3.8) is 0 Å². The molecule has 1 saturated heterocycles. The van der Waals surface area contributed by atoms with Crippen LogP contribution in [0.2, 0.25) is 0 Å². The summed E-state index contributed by atoms with van der Waals surface area (Å²) in [6, 6.07) is 5.51. The van der Waals surface area contributed by atoms with Crippen LogP contribution in [0.1, 0.15) is 19.4 Å². The summed E-state index contributed by atoms with van der Waals surface area (Å²) in [6.45, 7) is 5.93. The zero-order chi connectivity index (χ0) is 17.2. The van der Waals surface area contributed by atoms with E-state index < -0.39 is 5.41 Å². The normalized spacial score (nSPS) is 16.8. The molecule has 2 heterocycles. The highest BCUT2D eigenvalue weighted by molar-refractivity contribution is 6.04. The Labute approximate surface area is 140 Å². The van der Waals surface area contributed by atoms with Gasteiger partial charge in [-0.15, -0.1) is 0 Å². The standard InChI is InChI=1S/C17H22N2O5/c1-17(2,16(21)19-5-7-22-8-6-19)15(20)18-10-12-3-4-13-14(9-12)24-11-23-13/h3-4,9H,5-8,10-11H2,1-2H3,(H,18,20). The second-order valence-corrected chi connectivity index (χ2v) is 6.40. The highest BCUT2D eigenvalue weighted by Crippen LogP contribution is 2.32. The summed E-state index contributed by atoms with van der Waals surface area (Å²) in [5.41, 5.74) is -0.226. The number of nitrogens with one attached hydrogen (secondary N) is 1. The van der Waals surface area contributed by atoms with Crippen molar-refractivity contribution in [3.05, 3.63) is 23.8 Å². The Morgan fingerprint density at radius 3 is 2.62 bits per heavy atom. The molecule has 0 aromatic heterocycles. The van der Waals surface area contributed by atoms with Crippen LogP contribution >= 0.6 is 0 Å². The maximum absolute atomic E-state index is 12.6. The molecule has 2 aliphatic heterocycles. The van der Waals surface area contributed by atoms with E-state index in [0.29, 0.717) is 44.3 Å². The average Bonchev–Trinajstić information content (AvgIpc) is 3.07. The van der Waals surface area contributed by atoms with Crippen molar-refractivity contribution < 1.29 is 23.8 Å². The molecule has 130 valence electrons. The molecule has 1 aromatic carbocycles. The van der Waals surface area contributed by atoms with Crippen molar-refractivity contribution in [3.8, 4) is 11.5 Å². The van der Waals surface area contributed by atoms with Gasteiger partial charge in [0.15, 0.2) is 11.5 Å². The SMILES string of the molecule is CC(C)(C(=O)NCc1ccc2c(c1)OCO2)C(=O)N1CCOCC1. The Hall–Kier alpha value is -2.28. The molecule has 0 bridgehead atoms. The molecule has 1 aromatic rings. The van der Waals surface area contributed by atoms with E-state index in [9.17, 15) is 9.59 Å². The second-order valence-electron chi connectivity index (χ2n) is 6.40. The lowest BCUT2D eigenvalue weighted by Crippen LogP contribution is -2.52. The van der Waals surface area contributed by atoms with Crippen molar-refractivity contribution in [1.82, 2.24) is 10.2 Å². The number of nitrogens with zero attached hydrogens (tertiary/aromatic N) is 1. The summed E-state index contributed by atoms with van der Waals surface area (Å²) in [6.07, 6.45) is 0. The number of benzene rings is 1. The van der Waals surface area contributed by atoms with Gasteiger partial charge < -0.3 is 24.4 Å². The van der Waals surface area contributed by atoms with Gasteiger partial charge >= 0.3 is 0 Å². The predicted octanol–water partition coefficient (Wildman–Crippen LogP) is 0.916. The minimum atomic E-state index is -1.12. The maximum Gasteiger partial charge on any atom is 0.237 e. The summed E-state index contributed by atoms with van der Waals surface area (Å²) in [7, 11) is 0. The molecule has 24 heavy (non-hydrogen) atoms. The highest BCUT2D eigenvalue weighted by atomic mass is 16.7. The summed E-state index contributed by atoms with van der Waals surface area (Å²) in [4.78, 5) is 26.8. The number of carbonyl (C=O) groups is 2. The van der Waals surface area contributed by atoms with Crippen LogP contribution in [0.5, 0.6) is 11.5 Å². The molecular weight excluding hydrogens is 312 g/mol. The zero-order valence-electron chi connectivity index (χ0n) is 14.0. The lowest BCUT2D eigenvalue weighted by atomic mass is 9.90. The Morgan fingerprint density at radius 2 is 1.88 bits per heavy atom. The molecule has 7 nitrogen and oxygen atoms in total. The molecule has 7 heteroatoms. The molecule has 2 amide bonds. The van der Waals surface area contributed by atoms with Crippen LogP contribution in [0, 0.1) is 5.41 Å². The quantitative estimate of drug-likeness (QED) is 0.829. The molecule has 0 aliphatic carbocycles. The van der Waals surface area contributed by atoms with E-state index in [-0.39, 0.29) is 18.6 Å². The van der Waals surface area contributed by atoms with Crippen molar-refractivity contribution >= 4 is 11.8 Å². The molecule has 2 aliphatic rings. The van der Waals surface area contributed by atoms with Crippen molar-refractivity contribution in [2.45, 2.75) is 20.4 Å². The summed E-state index contributed by atoms with van der Waals surface area (Å²) in [5, 5.41) is 2.84. The number of ether oxygens (including phenoxy) is 3. The molecule has 0 spiro atoms. The summed E-state index contributed by atoms with van der Waals surface area (Å²) >= 11 is 0. The maximum atomic E-state index is 12.6. The molecule has 0 radical (unpaired) electrons. The smallest absolute Gasteiger partial charge is 0.237 e. The first-order chi connectivity index (χ1) is 11.5. The minimum absolute atomic E-state index is 0.172. The Kier molecular flexibility index (Phi) is 4.62. The number of hydrogen-bond donors (Lipinski definition) is 1. The van der Waals surface area contributed by atoms with Crippen molar-refractivity contribution in [1.29, 1.82) is 0 Å². The van der Waals surface area contributed by atoms with Crippen LogP contribution < -0.4 is 14.8 Å². The first kappa shape index (κ1) is 16.6. The van der Waals surface area contributed by atoms with E-state index in [1.165, 1.54) is 0 Å². The van der Waals surface area contributed by atoms with Crippen LogP contribution in [0.4, 0.5) is 0 Å². The Bertz CT molecular complexity index is 638. The third-order valence-electron chi connectivity index (χ3n) is 4.29. The Morgan fingerprint density at radius 1 is 1.17 bits per heavy atom. The minimum Gasteiger partial charge on any atom is -0.454 e. The number of morpholine rings is 1. The molecule has 0 atom stereocenters. The molecule has 0 unspecified atom stereocenters. The fourth-order valence-electron chi connectivity index (χ4n) is 2.71. The van der Waals surface area contributed by atoms with Gasteiger partial charge in [0.05, 0.1) is 13.2 Å². The van der Waals surface area contributed by atoms with Gasteiger partial charge in [-0.25, -0.2) is 0 Å². The molecule has 1 N–H and O–H groups in total. The zero-order valence-corrected chi connectivity index (χ0v) is 14.0. The van der Waals surface area contributed by atoms with Gasteiger partial charge in [-0.2, -0.15) is 0 Å². The first-order valence-electron chi connectivity index (χ1n) is 8.02. The number of carbonyl (C=O) groups excluding carboxylic acids is 2. The molecule has 3 rings (SSSR count). The van der Waals surface area contributed by atoms with E-state index >= 15 is 0 Å². The topological polar surface area (TPSA) is 77.1 Å². The van der Waals surface area contributed by atoms with E-state index in [0.717, 1.165) is 5.56 Å². The van der Waals surface area contributed by atoms with Crippen LogP contribution in [-0.2, 0) is 20.9 Å². The van der Waals surface area contributed by atoms with E-state index in [4.69, 9.17) is 14.2 Å². The summed E-state index contributed by atoms with van der Waals surface area (Å²) in [5.74, 6) is 0.906. The second kappa shape index (κ2) is 6.68. The molecule has 0 saturated carbocycles. The van der Waals surface area contributed by atoms with Gasteiger partial charge in [0.1, 0.15) is 5.41 Å². The van der Waals surface area contributed by atoms with Gasteiger partial charge in [-0.1, -0.05) is 6.07 Å². The van der Waals surface area contributed by atoms with Gasteiger partial charge in [-0.3, -0.25) is 9.59 Å². The van der Waals surface area contributed by atoms with E-state index in [2.05, 4.69) is 5.32 Å². The van der Waals surface area contributed by atoms with Gasteiger partial charge in [0, 0.05) is 19.6 Å². The number of hydrogen-bond acceptors (Lipinski definition) is 5. The average molecular weight is 334 g/mol. The number of amides is 2. The van der Waals surface area contributed by atoms with Crippen LogP contribution in [0.15, 0.2) is 18.2 Å². The van der Waals surface area contributed by atoms with Crippen molar-refractivity contribution in [2.75, 3.05) is 33.1 Å². The molecule has 1 fully saturated rings. The Balaban J connectivity index is 1.59. The van der Waals surface area contributed by atoms with Gasteiger partial charge in [0.25, 0.3) is 0 Å². The fraction of sp³-hybridized carbons (Fsp3) is 0.529. The fourth-order valence-corrected chi connectivity index (χ4v) is 2.71. The van der Waals surface area contributed by atoms with Crippen LogP contribution in [-0.4, -0.2) is 49.8 Å². The largest absolute Gasteiger partial charge is 0.454 e. The predicted molar refractivity (Wildman–Crippen MR) is 85.6 cm³/mol. The number of fused-ring (bicyclic) bond motifs is 1. The van der Waals surface area contributed by atoms with Crippen molar-refractivity contribution in [2.24, 2.45) is 5.41 Å². The molecular formula is C17H22N2O5. The van der Waals surface area contributed by atoms with Gasteiger partial charge in [0.2, 0.25) is 18.6 Å². The first-order valence-corrected chi connectivity index (χ1v) is 8.02. The third-order valence-corrected chi connectivity index (χ3v) is 4.29. The van der Waals surface area contributed by atoms with Crippen LogP contribution in [0.25, 0.3) is 0 Å². The summed E-state index contributed by atoms with van der Waals surface area (Å²) < 4.78 is 15.8. The third kappa shape index (κ3) is 3.31. The van der Waals surface area contributed by atoms with Gasteiger partial charge in [-0.05, 0) is 31.5 Å². The highest BCUT2D eigenvalue weighted by Gasteiger charge is 2.39. The van der Waals surface area contributed by atoms with Crippen LogP contribution in [0.3, 0.4) is 0 Å². The lowest BCUT2D eigenvalue weighted by Gasteiger charge is -2.33. The van der Waals surface area contributed by atoms with E-state index in [1.54, 1.807) is 18.7 Å².